The maximum Gasteiger partial charge on any atom is 0.259 e. The summed E-state index contributed by atoms with van der Waals surface area (Å²) in [6.07, 6.45) is 5.05. The highest BCUT2D eigenvalue weighted by molar-refractivity contribution is 6.06. The van der Waals surface area contributed by atoms with Crippen LogP contribution in [0.25, 0.3) is 11.1 Å². The molecule has 1 saturated heterocycles. The normalized spacial score (nSPS) is 21.0. The first-order chi connectivity index (χ1) is 12.2. The van der Waals surface area contributed by atoms with Crippen molar-refractivity contribution < 1.29 is 14.1 Å². The zero-order valence-corrected chi connectivity index (χ0v) is 15.0. The predicted octanol–water partition coefficient (Wildman–Crippen LogP) is 3.30. The van der Waals surface area contributed by atoms with Gasteiger partial charge in [0, 0.05) is 24.7 Å². The number of nitrogens with zero attached hydrogens (tertiary/aromatic N) is 3. The van der Waals surface area contributed by atoms with E-state index in [0.717, 1.165) is 48.9 Å². The van der Waals surface area contributed by atoms with Crippen molar-refractivity contribution >= 4 is 17.0 Å². The van der Waals surface area contributed by atoms with Crippen LogP contribution in [0.15, 0.2) is 10.6 Å². The van der Waals surface area contributed by atoms with Gasteiger partial charge in [-0.3, -0.25) is 4.79 Å². The molecule has 3 heterocycles. The summed E-state index contributed by atoms with van der Waals surface area (Å²) < 4.78 is 11.2. The molecule has 1 amide bonds. The van der Waals surface area contributed by atoms with Crippen molar-refractivity contribution in [3.05, 3.63) is 23.0 Å². The number of fused-ring (bicyclic) bond motifs is 1. The van der Waals surface area contributed by atoms with Gasteiger partial charge in [0.05, 0.1) is 29.4 Å². The Hall–Kier alpha value is -1.95. The summed E-state index contributed by atoms with van der Waals surface area (Å²) in [4.78, 5) is 19.8. The number of pyridine rings is 1. The molecule has 0 spiro atoms. The first-order valence-electron chi connectivity index (χ1n) is 9.41. The minimum atomic E-state index is 0.0524. The fraction of sp³-hybridized carbons (Fsp3) is 0.632. The largest absolute Gasteiger partial charge is 0.375 e. The van der Waals surface area contributed by atoms with Crippen molar-refractivity contribution in [2.75, 3.05) is 19.7 Å². The molecule has 0 bridgehead atoms. The number of hydrogen-bond donors (Lipinski definition) is 0. The Morgan fingerprint density at radius 1 is 1.36 bits per heavy atom. The molecule has 6 heteroatoms. The third-order valence-electron chi connectivity index (χ3n) is 5.13. The molecule has 1 saturated carbocycles. The molecule has 1 aliphatic carbocycles. The molecule has 6 nitrogen and oxygen atoms in total. The van der Waals surface area contributed by atoms with Crippen LogP contribution in [0.4, 0.5) is 0 Å². The smallest absolute Gasteiger partial charge is 0.259 e. The summed E-state index contributed by atoms with van der Waals surface area (Å²) in [5.74, 6) is 0.514. The molecule has 0 radical (unpaired) electrons. The van der Waals surface area contributed by atoms with E-state index < -0.39 is 0 Å². The summed E-state index contributed by atoms with van der Waals surface area (Å²) in [5, 5.41) is 4.99. The lowest BCUT2D eigenvalue weighted by Gasteiger charge is -2.32. The Morgan fingerprint density at radius 2 is 2.20 bits per heavy atom. The van der Waals surface area contributed by atoms with Crippen LogP contribution in [0.1, 0.15) is 67.2 Å². The highest BCUT2D eigenvalue weighted by Crippen LogP contribution is 2.40. The van der Waals surface area contributed by atoms with Crippen LogP contribution in [-0.2, 0) is 11.2 Å². The van der Waals surface area contributed by atoms with Gasteiger partial charge in [-0.15, -0.1) is 0 Å². The number of morpholine rings is 1. The van der Waals surface area contributed by atoms with Gasteiger partial charge in [0.1, 0.15) is 0 Å². The van der Waals surface area contributed by atoms with Gasteiger partial charge < -0.3 is 14.2 Å². The molecule has 2 fully saturated rings. The molecule has 1 atom stereocenters. The minimum absolute atomic E-state index is 0.0524. The number of ether oxygens (including phenoxy) is 1. The Morgan fingerprint density at radius 3 is 2.92 bits per heavy atom. The minimum Gasteiger partial charge on any atom is -0.375 e. The monoisotopic (exact) mass is 343 g/mol. The first kappa shape index (κ1) is 16.5. The average Bonchev–Trinajstić information content (AvgIpc) is 3.43. The van der Waals surface area contributed by atoms with Crippen LogP contribution >= 0.6 is 0 Å². The van der Waals surface area contributed by atoms with E-state index in [9.17, 15) is 4.79 Å². The van der Waals surface area contributed by atoms with Gasteiger partial charge in [-0.2, -0.15) is 0 Å². The topological polar surface area (TPSA) is 68.5 Å². The summed E-state index contributed by atoms with van der Waals surface area (Å²) in [5.41, 5.74) is 3.02. The fourth-order valence-electron chi connectivity index (χ4n) is 3.52. The van der Waals surface area contributed by atoms with E-state index in [0.29, 0.717) is 36.9 Å². The summed E-state index contributed by atoms with van der Waals surface area (Å²) in [7, 11) is 0. The van der Waals surface area contributed by atoms with E-state index in [-0.39, 0.29) is 12.0 Å². The summed E-state index contributed by atoms with van der Waals surface area (Å²) >= 11 is 0. The van der Waals surface area contributed by atoms with E-state index in [1.54, 1.807) is 0 Å². The van der Waals surface area contributed by atoms with Gasteiger partial charge in [-0.25, -0.2) is 4.98 Å². The maximum absolute atomic E-state index is 13.3. The lowest BCUT2D eigenvalue weighted by molar-refractivity contribution is -0.0225. The zero-order valence-electron chi connectivity index (χ0n) is 15.0. The Labute approximate surface area is 147 Å². The second-order valence-electron chi connectivity index (χ2n) is 7.08. The van der Waals surface area contributed by atoms with E-state index in [4.69, 9.17) is 9.26 Å². The first-order valence-corrected chi connectivity index (χ1v) is 9.41. The SMILES string of the molecule is CCCc1noc2nc(C3CC3)cc(C(=O)N3CCO[C@H](CC)C3)c12. The Balaban J connectivity index is 1.75. The van der Waals surface area contributed by atoms with E-state index in [2.05, 4.69) is 24.0 Å². The molecule has 0 N–H and O–H groups in total. The van der Waals surface area contributed by atoms with Crippen LogP contribution in [0, 0.1) is 0 Å². The van der Waals surface area contributed by atoms with Gasteiger partial charge in [0.2, 0.25) is 0 Å². The highest BCUT2D eigenvalue weighted by atomic mass is 16.5. The quantitative estimate of drug-likeness (QED) is 0.833. The number of amides is 1. The number of aromatic nitrogens is 2. The average molecular weight is 343 g/mol. The summed E-state index contributed by atoms with van der Waals surface area (Å²) in [6.45, 7) is 6.06. The number of carbonyl (C=O) groups is 1. The van der Waals surface area contributed by atoms with E-state index in [1.165, 1.54) is 0 Å². The maximum atomic E-state index is 13.3. The molecule has 0 aromatic carbocycles. The third-order valence-corrected chi connectivity index (χ3v) is 5.13. The second-order valence-corrected chi connectivity index (χ2v) is 7.08. The highest BCUT2D eigenvalue weighted by Gasteiger charge is 2.31. The van der Waals surface area contributed by atoms with Gasteiger partial charge in [0.25, 0.3) is 11.6 Å². The standard InChI is InChI=1S/C19H25N3O3/c1-3-5-15-17-14(19(23)22-8-9-24-13(4-2)11-22)10-16(12-6-7-12)20-18(17)25-21-15/h10,12-13H,3-9,11H2,1-2H3/t13-/m1/s1. The van der Waals surface area contributed by atoms with Crippen molar-refractivity contribution in [2.45, 2.75) is 58.0 Å². The predicted molar refractivity (Wildman–Crippen MR) is 93.7 cm³/mol. The molecular weight excluding hydrogens is 318 g/mol. The van der Waals surface area contributed by atoms with Crippen molar-refractivity contribution in [3.8, 4) is 0 Å². The van der Waals surface area contributed by atoms with Crippen molar-refractivity contribution in [1.29, 1.82) is 0 Å². The van der Waals surface area contributed by atoms with Crippen LogP contribution < -0.4 is 0 Å². The molecule has 2 aliphatic rings. The van der Waals surface area contributed by atoms with Crippen LogP contribution in [0.5, 0.6) is 0 Å². The Kier molecular flexibility index (Phi) is 4.46. The number of carbonyl (C=O) groups excluding carboxylic acids is 1. The van der Waals surface area contributed by atoms with Crippen LogP contribution in [-0.4, -0.2) is 46.7 Å². The van der Waals surface area contributed by atoms with E-state index >= 15 is 0 Å². The lowest BCUT2D eigenvalue weighted by atomic mass is 10.0. The van der Waals surface area contributed by atoms with Gasteiger partial charge in [-0.05, 0) is 31.7 Å². The molecular formula is C19H25N3O3. The molecule has 2 aromatic heterocycles. The molecule has 0 unspecified atom stereocenters. The molecule has 2 aromatic rings. The number of hydrogen-bond acceptors (Lipinski definition) is 5. The third kappa shape index (κ3) is 3.15. The van der Waals surface area contributed by atoms with Gasteiger partial charge in [0.15, 0.2) is 0 Å². The van der Waals surface area contributed by atoms with Gasteiger partial charge >= 0.3 is 0 Å². The van der Waals surface area contributed by atoms with Crippen molar-refractivity contribution in [3.63, 3.8) is 0 Å². The van der Waals surface area contributed by atoms with E-state index in [1.807, 2.05) is 11.0 Å². The molecule has 134 valence electrons. The zero-order chi connectivity index (χ0) is 17.4. The summed E-state index contributed by atoms with van der Waals surface area (Å²) in [6, 6.07) is 1.98. The van der Waals surface area contributed by atoms with Crippen LogP contribution in [0.2, 0.25) is 0 Å². The van der Waals surface area contributed by atoms with Crippen molar-refractivity contribution in [1.82, 2.24) is 15.0 Å². The second kappa shape index (κ2) is 6.75. The lowest BCUT2D eigenvalue weighted by Crippen LogP contribution is -2.45. The van der Waals surface area contributed by atoms with Crippen LogP contribution in [0.3, 0.4) is 0 Å². The molecule has 4 rings (SSSR count). The Bertz CT molecular complexity index is 782. The number of aryl methyl sites for hydroxylation is 1. The molecule has 25 heavy (non-hydrogen) atoms. The van der Waals surface area contributed by atoms with Gasteiger partial charge in [-0.1, -0.05) is 25.4 Å². The van der Waals surface area contributed by atoms with Crippen molar-refractivity contribution in [2.24, 2.45) is 0 Å². The number of rotatable bonds is 5. The fourth-order valence-corrected chi connectivity index (χ4v) is 3.52. The molecule has 1 aliphatic heterocycles.